The Morgan fingerprint density at radius 1 is 1.00 bits per heavy atom. The van der Waals surface area contributed by atoms with Crippen molar-refractivity contribution in [2.75, 3.05) is 65.5 Å². The van der Waals surface area contributed by atoms with Gasteiger partial charge in [-0.15, -0.1) is 0 Å². The molecular weight excluding hydrogens is 329 g/mol. The number of hydrogen-bond donors (Lipinski definition) is 1. The van der Waals surface area contributed by atoms with Crippen LogP contribution in [0.4, 0.5) is 4.39 Å². The Kier molecular flexibility index (Phi) is 7.20. The molecule has 1 N–H and O–H groups in total. The van der Waals surface area contributed by atoms with Crippen LogP contribution in [-0.2, 0) is 0 Å². The fraction of sp³-hybridized carbons (Fsp3) is 0.619. The molecular formula is C21H32FN3O. The van der Waals surface area contributed by atoms with Crippen molar-refractivity contribution in [3.05, 3.63) is 41.7 Å². The van der Waals surface area contributed by atoms with Gasteiger partial charge in [-0.3, -0.25) is 4.90 Å². The first-order valence-electron chi connectivity index (χ1n) is 9.88. The fourth-order valence-electron chi connectivity index (χ4n) is 4.13. The molecule has 5 heteroatoms. The zero-order chi connectivity index (χ0) is 18.4. The van der Waals surface area contributed by atoms with Gasteiger partial charge in [0.2, 0.25) is 0 Å². The van der Waals surface area contributed by atoms with Gasteiger partial charge in [0.15, 0.2) is 0 Å². The molecule has 26 heavy (non-hydrogen) atoms. The zero-order valence-corrected chi connectivity index (χ0v) is 15.9. The maximum absolute atomic E-state index is 13.0. The fourth-order valence-corrected chi connectivity index (χ4v) is 4.13. The molecule has 4 nitrogen and oxygen atoms in total. The average Bonchev–Trinajstić information content (AvgIpc) is 3.05. The van der Waals surface area contributed by atoms with Crippen molar-refractivity contribution in [3.8, 4) is 0 Å². The Morgan fingerprint density at radius 3 is 2.31 bits per heavy atom. The van der Waals surface area contributed by atoms with E-state index in [9.17, 15) is 9.50 Å². The van der Waals surface area contributed by atoms with Crippen molar-refractivity contribution in [1.82, 2.24) is 14.7 Å². The molecule has 144 valence electrons. The maximum Gasteiger partial charge on any atom is 0.123 e. The molecule has 0 aliphatic carbocycles. The van der Waals surface area contributed by atoms with Gasteiger partial charge in [-0.05, 0) is 36.1 Å². The third-order valence-electron chi connectivity index (χ3n) is 5.84. The molecule has 0 unspecified atom stereocenters. The number of likely N-dealkylation sites (tertiary alicyclic amines) is 1. The molecule has 2 heterocycles. The number of halogens is 1. The van der Waals surface area contributed by atoms with Crippen LogP contribution >= 0.6 is 0 Å². The minimum atomic E-state index is -0.199. The van der Waals surface area contributed by atoms with E-state index in [0.29, 0.717) is 11.8 Å². The summed E-state index contributed by atoms with van der Waals surface area (Å²) in [4.78, 5) is 7.49. The van der Waals surface area contributed by atoms with Crippen LogP contribution in [0.3, 0.4) is 0 Å². The summed E-state index contributed by atoms with van der Waals surface area (Å²) < 4.78 is 13.0. The van der Waals surface area contributed by atoms with E-state index in [1.807, 2.05) is 6.08 Å². The quantitative estimate of drug-likeness (QED) is 0.805. The van der Waals surface area contributed by atoms with E-state index in [-0.39, 0.29) is 12.4 Å². The highest BCUT2D eigenvalue weighted by atomic mass is 19.1. The van der Waals surface area contributed by atoms with Crippen LogP contribution in [0.1, 0.15) is 12.5 Å². The van der Waals surface area contributed by atoms with Crippen molar-refractivity contribution in [3.63, 3.8) is 0 Å². The number of benzene rings is 1. The molecule has 0 saturated carbocycles. The molecule has 1 aromatic rings. The van der Waals surface area contributed by atoms with Crippen LogP contribution in [0, 0.1) is 17.7 Å². The third kappa shape index (κ3) is 5.36. The highest BCUT2D eigenvalue weighted by Crippen LogP contribution is 2.24. The lowest BCUT2D eigenvalue weighted by molar-refractivity contribution is 0.106. The predicted molar refractivity (Wildman–Crippen MR) is 104 cm³/mol. The van der Waals surface area contributed by atoms with Gasteiger partial charge >= 0.3 is 0 Å². The van der Waals surface area contributed by atoms with E-state index in [4.69, 9.17) is 0 Å². The molecule has 0 amide bonds. The van der Waals surface area contributed by atoms with Gasteiger partial charge in [0.1, 0.15) is 5.82 Å². The van der Waals surface area contributed by atoms with Crippen LogP contribution in [0.25, 0.3) is 6.08 Å². The number of nitrogens with zero attached hydrogens (tertiary/aromatic N) is 3. The maximum atomic E-state index is 13.0. The molecule has 0 aromatic heterocycles. The van der Waals surface area contributed by atoms with Crippen LogP contribution < -0.4 is 0 Å². The minimum absolute atomic E-state index is 0.199. The molecule has 1 aromatic carbocycles. The molecule has 2 aliphatic rings. The van der Waals surface area contributed by atoms with E-state index in [2.05, 4.69) is 27.7 Å². The summed E-state index contributed by atoms with van der Waals surface area (Å²) in [5, 5.41) is 9.79. The summed E-state index contributed by atoms with van der Waals surface area (Å²) in [6, 6.07) is 6.58. The number of aliphatic hydroxyl groups excluding tert-OH is 1. The Balaban J connectivity index is 1.46. The average molecular weight is 362 g/mol. The monoisotopic (exact) mass is 361 g/mol. The second kappa shape index (κ2) is 9.60. The normalized spacial score (nSPS) is 26.1. The lowest BCUT2D eigenvalue weighted by Gasteiger charge is -2.36. The first-order chi connectivity index (χ1) is 12.7. The number of hydrogen-bond acceptors (Lipinski definition) is 4. The molecule has 0 radical (unpaired) electrons. The number of rotatable bonds is 7. The Morgan fingerprint density at radius 2 is 1.65 bits per heavy atom. The molecule has 0 spiro atoms. The summed E-state index contributed by atoms with van der Waals surface area (Å²) in [5.41, 5.74) is 1.02. The molecule has 0 bridgehead atoms. The summed E-state index contributed by atoms with van der Waals surface area (Å²) in [6.07, 6.45) is 4.19. The SMILES string of the molecule is CCN1CCN(C[C@@H]2CN(CC=Cc3ccc(F)cc3)C[C@@H]2CO)CC1. The van der Waals surface area contributed by atoms with E-state index >= 15 is 0 Å². The van der Waals surface area contributed by atoms with Crippen LogP contribution in [0.2, 0.25) is 0 Å². The number of piperazine rings is 1. The van der Waals surface area contributed by atoms with Gasteiger partial charge in [0.05, 0.1) is 0 Å². The topological polar surface area (TPSA) is 30.0 Å². The van der Waals surface area contributed by atoms with Crippen molar-refractivity contribution in [2.24, 2.45) is 11.8 Å². The molecule has 2 atom stereocenters. The van der Waals surface area contributed by atoms with Crippen LogP contribution in [0.15, 0.2) is 30.3 Å². The van der Waals surface area contributed by atoms with Gasteiger partial charge in [-0.25, -0.2) is 4.39 Å². The van der Waals surface area contributed by atoms with Gasteiger partial charge in [0, 0.05) is 59.0 Å². The van der Waals surface area contributed by atoms with Crippen molar-refractivity contribution in [2.45, 2.75) is 6.92 Å². The summed E-state index contributed by atoms with van der Waals surface area (Å²) in [7, 11) is 0. The van der Waals surface area contributed by atoms with Gasteiger partial charge in [0.25, 0.3) is 0 Å². The summed E-state index contributed by atoms with van der Waals surface area (Å²) in [5.74, 6) is 0.723. The molecule has 2 aliphatic heterocycles. The Bertz CT molecular complexity index is 569. The smallest absolute Gasteiger partial charge is 0.123 e. The lowest BCUT2D eigenvalue weighted by atomic mass is 9.96. The Labute approximate surface area is 156 Å². The summed E-state index contributed by atoms with van der Waals surface area (Å²) in [6.45, 7) is 12.3. The molecule has 2 saturated heterocycles. The highest BCUT2D eigenvalue weighted by molar-refractivity contribution is 5.48. The highest BCUT2D eigenvalue weighted by Gasteiger charge is 2.33. The van der Waals surface area contributed by atoms with Gasteiger partial charge in [-0.2, -0.15) is 0 Å². The van der Waals surface area contributed by atoms with E-state index in [1.54, 1.807) is 12.1 Å². The van der Waals surface area contributed by atoms with E-state index in [1.165, 1.54) is 12.1 Å². The largest absolute Gasteiger partial charge is 0.396 e. The second-order valence-electron chi connectivity index (χ2n) is 7.61. The van der Waals surface area contributed by atoms with E-state index in [0.717, 1.165) is 64.5 Å². The molecule has 3 rings (SSSR count). The summed E-state index contributed by atoms with van der Waals surface area (Å²) >= 11 is 0. The predicted octanol–water partition coefficient (Wildman–Crippen LogP) is 2.02. The van der Waals surface area contributed by atoms with E-state index < -0.39 is 0 Å². The molecule has 2 fully saturated rings. The standard InChI is InChI=1S/C21H32FN3O/c1-2-23-10-12-24(13-11-23)14-19-15-25(16-20(19)17-26)9-3-4-18-5-7-21(22)8-6-18/h3-8,19-20,26H,2,9-17H2,1H3/t19-,20-/m1/s1. The second-order valence-corrected chi connectivity index (χ2v) is 7.61. The van der Waals surface area contributed by atoms with Crippen LogP contribution in [-0.4, -0.2) is 85.3 Å². The van der Waals surface area contributed by atoms with Crippen molar-refractivity contribution in [1.29, 1.82) is 0 Å². The van der Waals surface area contributed by atoms with Gasteiger partial charge in [-0.1, -0.05) is 31.2 Å². The minimum Gasteiger partial charge on any atom is -0.396 e. The van der Waals surface area contributed by atoms with Crippen LogP contribution in [0.5, 0.6) is 0 Å². The first-order valence-corrected chi connectivity index (χ1v) is 9.88. The zero-order valence-electron chi connectivity index (χ0n) is 15.9. The van der Waals surface area contributed by atoms with Crippen molar-refractivity contribution < 1.29 is 9.50 Å². The number of likely N-dealkylation sites (N-methyl/N-ethyl adjacent to an activating group) is 1. The Hall–Kier alpha value is -1.27. The lowest BCUT2D eigenvalue weighted by Crippen LogP contribution is -2.48. The third-order valence-corrected chi connectivity index (χ3v) is 5.84. The number of aliphatic hydroxyl groups is 1. The van der Waals surface area contributed by atoms with Gasteiger partial charge < -0.3 is 14.9 Å². The van der Waals surface area contributed by atoms with Crippen molar-refractivity contribution >= 4 is 6.08 Å². The first kappa shape index (κ1) is 19.5.